The van der Waals surface area contributed by atoms with E-state index in [1.165, 1.54) is 6.92 Å². The van der Waals surface area contributed by atoms with Crippen LogP contribution in [0.5, 0.6) is 0 Å². The number of aliphatic hydroxyl groups is 1. The van der Waals surface area contributed by atoms with E-state index in [1.807, 2.05) is 0 Å². The average Bonchev–Trinajstić information content (AvgIpc) is 2.85. The molecule has 20 heavy (non-hydrogen) atoms. The third-order valence-electron chi connectivity index (χ3n) is 3.07. The number of nitrogens with one attached hydrogen (secondary N) is 1. The smallest absolute Gasteiger partial charge is 0.326 e. The minimum Gasteiger partial charge on any atom is -0.393 e. The second kappa shape index (κ2) is 5.41. The Morgan fingerprint density at radius 3 is 2.90 bits per heavy atom. The Labute approximate surface area is 122 Å². The fourth-order valence-corrected chi connectivity index (χ4v) is 2.40. The number of halogens is 1. The highest BCUT2D eigenvalue weighted by Crippen LogP contribution is 2.34. The summed E-state index contributed by atoms with van der Waals surface area (Å²) in [6.07, 6.45) is 0.680. The molecule has 2 N–H and O–H groups in total. The molecule has 0 aromatic rings. The Kier molecular flexibility index (Phi) is 4.00. The van der Waals surface area contributed by atoms with Crippen LogP contribution in [-0.2, 0) is 9.53 Å². The van der Waals surface area contributed by atoms with Crippen molar-refractivity contribution in [2.75, 3.05) is 6.61 Å². The zero-order chi connectivity index (χ0) is 14.9. The molecule has 4 unspecified atom stereocenters. The lowest BCUT2D eigenvalue weighted by Gasteiger charge is -2.43. The molecule has 0 aromatic heterocycles. The first-order valence-corrected chi connectivity index (χ1v) is 6.52. The van der Waals surface area contributed by atoms with Gasteiger partial charge in [-0.2, -0.15) is 0 Å². The molecule has 0 spiro atoms. The van der Waals surface area contributed by atoms with Crippen LogP contribution >= 0.6 is 15.9 Å². The van der Waals surface area contributed by atoms with Crippen molar-refractivity contribution in [1.82, 2.24) is 10.2 Å². The van der Waals surface area contributed by atoms with E-state index in [4.69, 9.17) is 15.4 Å². The summed E-state index contributed by atoms with van der Waals surface area (Å²) < 4.78 is 4.14. The van der Waals surface area contributed by atoms with Gasteiger partial charge >= 0.3 is 6.03 Å². The standard InChI is InChI=1S/C10H12BrN5O4/c1-10(11)7(14-15-12)16(9(19)13-8(10)18)6-3-2-5(4-17)20-6/h2-3,5-7,17H,4H2,1H3,(H,13,18,19). The third-order valence-corrected chi connectivity index (χ3v) is 3.84. The van der Waals surface area contributed by atoms with E-state index in [1.54, 1.807) is 12.2 Å². The zero-order valence-corrected chi connectivity index (χ0v) is 12.0. The largest absolute Gasteiger partial charge is 0.393 e. The number of urea groups is 1. The van der Waals surface area contributed by atoms with Crippen LogP contribution in [-0.4, -0.2) is 51.4 Å². The summed E-state index contributed by atoms with van der Waals surface area (Å²) in [6.45, 7) is 1.25. The van der Waals surface area contributed by atoms with Gasteiger partial charge in [0.05, 0.1) is 6.61 Å². The molecule has 4 atom stereocenters. The van der Waals surface area contributed by atoms with E-state index in [-0.39, 0.29) is 6.61 Å². The number of aliphatic hydroxyl groups excluding tert-OH is 1. The minimum atomic E-state index is -1.28. The molecule has 3 amide bonds. The van der Waals surface area contributed by atoms with Crippen molar-refractivity contribution in [2.24, 2.45) is 5.11 Å². The molecule has 1 saturated heterocycles. The van der Waals surface area contributed by atoms with E-state index in [9.17, 15) is 9.59 Å². The fourth-order valence-electron chi connectivity index (χ4n) is 1.99. The molecule has 108 valence electrons. The number of hydrogen-bond acceptors (Lipinski definition) is 5. The Balaban J connectivity index is 2.33. The van der Waals surface area contributed by atoms with Crippen molar-refractivity contribution in [3.05, 3.63) is 22.6 Å². The van der Waals surface area contributed by atoms with Crippen molar-refractivity contribution in [3.8, 4) is 0 Å². The third kappa shape index (κ3) is 2.38. The van der Waals surface area contributed by atoms with Crippen LogP contribution in [0.3, 0.4) is 0 Å². The van der Waals surface area contributed by atoms with Crippen molar-refractivity contribution in [1.29, 1.82) is 0 Å². The number of nitrogens with zero attached hydrogens (tertiary/aromatic N) is 4. The first kappa shape index (κ1) is 14.8. The van der Waals surface area contributed by atoms with Crippen LogP contribution in [0.4, 0.5) is 4.79 Å². The van der Waals surface area contributed by atoms with Crippen LogP contribution in [0.1, 0.15) is 6.92 Å². The quantitative estimate of drug-likeness (QED) is 0.255. The number of carbonyl (C=O) groups is 2. The summed E-state index contributed by atoms with van der Waals surface area (Å²) in [5.74, 6) is -0.600. The van der Waals surface area contributed by atoms with Gasteiger partial charge in [-0.3, -0.25) is 15.0 Å². The Morgan fingerprint density at radius 2 is 2.35 bits per heavy atom. The van der Waals surface area contributed by atoms with Crippen molar-refractivity contribution < 1.29 is 19.4 Å². The van der Waals surface area contributed by atoms with Gasteiger partial charge in [0.2, 0.25) is 5.91 Å². The molecule has 0 aliphatic carbocycles. The fraction of sp³-hybridized carbons (Fsp3) is 0.600. The molecular weight excluding hydrogens is 334 g/mol. The van der Waals surface area contributed by atoms with Gasteiger partial charge in [0.1, 0.15) is 16.6 Å². The van der Waals surface area contributed by atoms with Gasteiger partial charge < -0.3 is 9.84 Å². The maximum Gasteiger partial charge on any atom is 0.326 e. The number of rotatable bonds is 3. The molecule has 0 radical (unpaired) electrons. The van der Waals surface area contributed by atoms with Gasteiger partial charge in [0.15, 0.2) is 6.23 Å². The number of amides is 3. The normalized spacial score (nSPS) is 36.8. The van der Waals surface area contributed by atoms with Crippen molar-refractivity contribution >= 4 is 27.9 Å². The van der Waals surface area contributed by atoms with E-state index >= 15 is 0 Å². The van der Waals surface area contributed by atoms with E-state index < -0.39 is 34.8 Å². The van der Waals surface area contributed by atoms with Crippen molar-refractivity contribution in [2.45, 2.75) is 29.7 Å². The molecule has 1 fully saturated rings. The molecule has 0 bridgehead atoms. The highest BCUT2D eigenvalue weighted by molar-refractivity contribution is 9.10. The summed E-state index contributed by atoms with van der Waals surface area (Å²) >= 11 is 3.17. The van der Waals surface area contributed by atoms with Crippen molar-refractivity contribution in [3.63, 3.8) is 0 Å². The lowest BCUT2D eigenvalue weighted by molar-refractivity contribution is -0.128. The van der Waals surface area contributed by atoms with Gasteiger partial charge in [0, 0.05) is 4.91 Å². The van der Waals surface area contributed by atoms with E-state index in [0.29, 0.717) is 0 Å². The second-order valence-electron chi connectivity index (χ2n) is 4.45. The van der Waals surface area contributed by atoms with E-state index in [0.717, 1.165) is 4.90 Å². The predicted molar refractivity (Wildman–Crippen MR) is 70.5 cm³/mol. The topological polar surface area (TPSA) is 128 Å². The first-order chi connectivity index (χ1) is 9.41. The maximum absolute atomic E-state index is 12.0. The van der Waals surface area contributed by atoms with Crippen LogP contribution < -0.4 is 5.32 Å². The Hall–Kier alpha value is -1.61. The van der Waals surface area contributed by atoms with Crippen LogP contribution in [0, 0.1) is 0 Å². The number of azide groups is 1. The Bertz CT molecular complexity index is 516. The predicted octanol–water partition coefficient (Wildman–Crippen LogP) is 0.602. The highest BCUT2D eigenvalue weighted by Gasteiger charge is 2.51. The summed E-state index contributed by atoms with van der Waals surface area (Å²) in [7, 11) is 0. The SMILES string of the molecule is CC1(Br)C(=O)NC(=O)N(C2C=CC(CO)O2)C1N=[N+]=[N-]. The van der Waals surface area contributed by atoms with Gasteiger partial charge in [-0.05, 0) is 18.5 Å². The molecule has 0 saturated carbocycles. The average molecular weight is 346 g/mol. The molecule has 2 aliphatic heterocycles. The number of ether oxygens (including phenoxy) is 1. The van der Waals surface area contributed by atoms with Gasteiger partial charge in [-0.1, -0.05) is 27.1 Å². The second-order valence-corrected chi connectivity index (χ2v) is 6.10. The summed E-state index contributed by atoms with van der Waals surface area (Å²) in [5.41, 5.74) is 8.65. The van der Waals surface area contributed by atoms with Gasteiger partial charge in [0.25, 0.3) is 0 Å². The van der Waals surface area contributed by atoms with E-state index in [2.05, 4.69) is 31.3 Å². The van der Waals surface area contributed by atoms with Crippen LogP contribution in [0.2, 0.25) is 0 Å². The molecule has 0 aromatic carbocycles. The van der Waals surface area contributed by atoms with Gasteiger partial charge in [-0.25, -0.2) is 4.79 Å². The van der Waals surface area contributed by atoms with Gasteiger partial charge in [-0.15, -0.1) is 0 Å². The minimum absolute atomic E-state index is 0.237. The zero-order valence-electron chi connectivity index (χ0n) is 10.4. The number of carbonyl (C=O) groups excluding carboxylic acids is 2. The summed E-state index contributed by atoms with van der Waals surface area (Å²) in [4.78, 5) is 27.6. The number of hydrogen-bond donors (Lipinski definition) is 2. The number of imide groups is 1. The highest BCUT2D eigenvalue weighted by atomic mass is 79.9. The Morgan fingerprint density at radius 1 is 1.65 bits per heavy atom. The molecule has 2 heterocycles. The lowest BCUT2D eigenvalue weighted by Crippen LogP contribution is -2.67. The maximum atomic E-state index is 12.0. The summed E-state index contributed by atoms with van der Waals surface area (Å²) in [6, 6.07) is -0.724. The molecule has 2 aliphatic rings. The lowest BCUT2D eigenvalue weighted by atomic mass is 10.0. The molecule has 2 rings (SSSR count). The molecule has 10 heteroatoms. The summed E-state index contributed by atoms with van der Waals surface area (Å²) in [5, 5.41) is 14.7. The monoisotopic (exact) mass is 345 g/mol. The van der Waals surface area contributed by atoms with Crippen LogP contribution in [0.25, 0.3) is 10.4 Å². The van der Waals surface area contributed by atoms with Crippen LogP contribution in [0.15, 0.2) is 17.3 Å². The first-order valence-electron chi connectivity index (χ1n) is 5.73. The number of alkyl halides is 1. The molecule has 9 nitrogen and oxygen atoms in total. The molecular formula is C10H12BrN5O4.